The first-order valence-electron chi connectivity index (χ1n) is 8.14. The van der Waals surface area contributed by atoms with Gasteiger partial charge in [0.15, 0.2) is 5.13 Å². The van der Waals surface area contributed by atoms with Crippen LogP contribution in [-0.2, 0) is 16.4 Å². The minimum absolute atomic E-state index is 0.0625. The molecule has 1 aliphatic rings. The van der Waals surface area contributed by atoms with E-state index in [9.17, 15) is 18.3 Å². The standard InChI is InChI=1S/C16H20N4O4S2/c1-2-11-10-18-16(25-11)20-7-5-19(6-8-20)14-4-3-12(26(17,23)24)9-13(14)15(21)22/h3-4,9-10H,2,5-8H2,1H3,(H,21,22)(H2,17,23,24). The predicted molar refractivity (Wildman–Crippen MR) is 101 cm³/mol. The van der Waals surface area contributed by atoms with Crippen LogP contribution in [0.4, 0.5) is 10.8 Å². The molecular formula is C16H20N4O4S2. The van der Waals surface area contributed by atoms with Crippen LogP contribution >= 0.6 is 11.3 Å². The molecule has 1 aliphatic heterocycles. The Labute approximate surface area is 155 Å². The van der Waals surface area contributed by atoms with Gasteiger partial charge in [0.1, 0.15) is 0 Å². The quantitative estimate of drug-likeness (QED) is 0.784. The summed E-state index contributed by atoms with van der Waals surface area (Å²) in [5, 5.41) is 15.5. The van der Waals surface area contributed by atoms with E-state index < -0.39 is 16.0 Å². The van der Waals surface area contributed by atoms with E-state index in [1.807, 2.05) is 11.1 Å². The molecule has 140 valence electrons. The number of nitrogens with zero attached hydrogens (tertiary/aromatic N) is 3. The van der Waals surface area contributed by atoms with E-state index in [1.165, 1.54) is 17.0 Å². The molecule has 0 aliphatic carbocycles. The monoisotopic (exact) mass is 396 g/mol. The Hall–Kier alpha value is -2.17. The minimum Gasteiger partial charge on any atom is -0.478 e. The van der Waals surface area contributed by atoms with Gasteiger partial charge in [-0.15, -0.1) is 11.3 Å². The van der Waals surface area contributed by atoms with Crippen LogP contribution in [-0.4, -0.2) is 50.7 Å². The predicted octanol–water partition coefficient (Wildman–Crippen LogP) is 1.38. The fourth-order valence-electron chi connectivity index (χ4n) is 2.88. The van der Waals surface area contributed by atoms with Crippen LogP contribution in [0.25, 0.3) is 0 Å². The highest BCUT2D eigenvalue weighted by Crippen LogP contribution is 2.28. The van der Waals surface area contributed by atoms with Crippen molar-refractivity contribution in [2.24, 2.45) is 5.14 Å². The zero-order chi connectivity index (χ0) is 18.9. The van der Waals surface area contributed by atoms with E-state index in [1.54, 1.807) is 11.3 Å². The molecule has 1 saturated heterocycles. The molecule has 2 heterocycles. The molecule has 0 atom stereocenters. The van der Waals surface area contributed by atoms with Crippen molar-refractivity contribution >= 4 is 38.1 Å². The maximum Gasteiger partial charge on any atom is 0.337 e. The Kier molecular flexibility index (Phi) is 5.17. The summed E-state index contributed by atoms with van der Waals surface area (Å²) < 4.78 is 23.0. The number of thiazole rings is 1. The van der Waals surface area contributed by atoms with Crippen LogP contribution in [0.2, 0.25) is 0 Å². The number of piperazine rings is 1. The third-order valence-corrected chi connectivity index (χ3v) is 6.42. The number of rotatable bonds is 5. The minimum atomic E-state index is -3.95. The Morgan fingerprint density at radius 3 is 2.46 bits per heavy atom. The SMILES string of the molecule is CCc1cnc(N2CCN(c3ccc(S(N)(=O)=O)cc3C(=O)O)CC2)s1. The van der Waals surface area contributed by atoms with Gasteiger partial charge in [0.2, 0.25) is 10.0 Å². The Balaban J connectivity index is 1.79. The fraction of sp³-hybridized carbons (Fsp3) is 0.375. The largest absolute Gasteiger partial charge is 0.478 e. The maximum atomic E-state index is 11.6. The molecule has 2 aromatic rings. The fourth-order valence-corrected chi connectivity index (χ4v) is 4.33. The van der Waals surface area contributed by atoms with Crippen molar-refractivity contribution in [1.82, 2.24) is 4.98 Å². The summed E-state index contributed by atoms with van der Waals surface area (Å²) in [5.74, 6) is -1.18. The second kappa shape index (κ2) is 7.22. The van der Waals surface area contributed by atoms with Gasteiger partial charge in [-0.25, -0.2) is 23.3 Å². The first kappa shape index (κ1) is 18.6. The van der Waals surface area contributed by atoms with Crippen molar-refractivity contribution in [2.45, 2.75) is 18.2 Å². The highest BCUT2D eigenvalue weighted by Gasteiger charge is 2.24. The zero-order valence-electron chi connectivity index (χ0n) is 14.3. The lowest BCUT2D eigenvalue weighted by Gasteiger charge is -2.36. The van der Waals surface area contributed by atoms with Crippen molar-refractivity contribution in [2.75, 3.05) is 36.0 Å². The molecule has 0 unspecified atom stereocenters. The first-order chi connectivity index (χ1) is 12.3. The summed E-state index contributed by atoms with van der Waals surface area (Å²) in [7, 11) is -3.95. The molecule has 0 radical (unpaired) electrons. The number of hydrogen-bond acceptors (Lipinski definition) is 7. The van der Waals surface area contributed by atoms with Crippen molar-refractivity contribution in [3.8, 4) is 0 Å². The van der Waals surface area contributed by atoms with Crippen LogP contribution in [0.1, 0.15) is 22.2 Å². The van der Waals surface area contributed by atoms with E-state index in [-0.39, 0.29) is 10.5 Å². The highest BCUT2D eigenvalue weighted by atomic mass is 32.2. The molecule has 0 saturated carbocycles. The van der Waals surface area contributed by atoms with Crippen LogP contribution in [0.15, 0.2) is 29.3 Å². The number of sulfonamides is 1. The molecule has 1 aromatic heterocycles. The Morgan fingerprint density at radius 1 is 1.27 bits per heavy atom. The van der Waals surface area contributed by atoms with Crippen molar-refractivity contribution < 1.29 is 18.3 Å². The number of primary sulfonamides is 1. The van der Waals surface area contributed by atoms with E-state index in [0.717, 1.165) is 17.6 Å². The van der Waals surface area contributed by atoms with Gasteiger partial charge in [0.05, 0.1) is 16.1 Å². The normalized spacial score (nSPS) is 15.3. The van der Waals surface area contributed by atoms with Crippen LogP contribution in [0.5, 0.6) is 0 Å². The summed E-state index contributed by atoms with van der Waals surface area (Å²) in [6, 6.07) is 3.98. The van der Waals surface area contributed by atoms with Gasteiger partial charge in [0, 0.05) is 37.3 Å². The van der Waals surface area contributed by atoms with Gasteiger partial charge < -0.3 is 14.9 Å². The average Bonchev–Trinajstić information content (AvgIpc) is 3.10. The number of carboxylic acid groups (broad SMARTS) is 1. The number of carboxylic acids is 1. The van der Waals surface area contributed by atoms with Gasteiger partial charge >= 0.3 is 5.97 Å². The molecular weight excluding hydrogens is 376 g/mol. The molecule has 3 rings (SSSR count). The molecule has 1 aromatic carbocycles. The molecule has 8 nitrogen and oxygen atoms in total. The maximum absolute atomic E-state index is 11.6. The topological polar surface area (TPSA) is 117 Å². The highest BCUT2D eigenvalue weighted by molar-refractivity contribution is 7.89. The lowest BCUT2D eigenvalue weighted by Crippen LogP contribution is -2.47. The van der Waals surface area contributed by atoms with Gasteiger partial charge in [-0.3, -0.25) is 0 Å². The summed E-state index contributed by atoms with van der Waals surface area (Å²) in [6.45, 7) is 4.76. The van der Waals surface area contributed by atoms with Gasteiger partial charge in [-0.05, 0) is 24.6 Å². The van der Waals surface area contributed by atoms with E-state index in [0.29, 0.717) is 31.9 Å². The average molecular weight is 396 g/mol. The Bertz CT molecular complexity index is 918. The van der Waals surface area contributed by atoms with Gasteiger partial charge in [0.25, 0.3) is 0 Å². The second-order valence-electron chi connectivity index (χ2n) is 5.97. The smallest absolute Gasteiger partial charge is 0.337 e. The third-order valence-electron chi connectivity index (χ3n) is 4.31. The van der Waals surface area contributed by atoms with Crippen molar-refractivity contribution in [1.29, 1.82) is 0 Å². The third kappa shape index (κ3) is 3.81. The number of anilines is 2. The molecule has 0 spiro atoms. The number of aromatic nitrogens is 1. The molecule has 26 heavy (non-hydrogen) atoms. The van der Waals surface area contributed by atoms with Crippen LogP contribution in [0, 0.1) is 0 Å². The van der Waals surface area contributed by atoms with Crippen molar-refractivity contribution in [3.63, 3.8) is 0 Å². The first-order valence-corrected chi connectivity index (χ1v) is 10.5. The number of carbonyl (C=O) groups is 1. The number of aromatic carboxylic acids is 1. The Morgan fingerprint density at radius 2 is 1.92 bits per heavy atom. The van der Waals surface area contributed by atoms with Gasteiger partial charge in [-0.1, -0.05) is 6.92 Å². The van der Waals surface area contributed by atoms with Gasteiger partial charge in [-0.2, -0.15) is 0 Å². The molecule has 10 heteroatoms. The molecule has 0 amide bonds. The van der Waals surface area contributed by atoms with E-state index in [2.05, 4.69) is 16.8 Å². The second-order valence-corrected chi connectivity index (χ2v) is 8.62. The van der Waals surface area contributed by atoms with Crippen LogP contribution < -0.4 is 14.9 Å². The van der Waals surface area contributed by atoms with Crippen molar-refractivity contribution in [3.05, 3.63) is 34.8 Å². The molecule has 1 fully saturated rings. The number of benzene rings is 1. The van der Waals surface area contributed by atoms with Crippen LogP contribution in [0.3, 0.4) is 0 Å². The summed E-state index contributed by atoms with van der Waals surface area (Å²) >= 11 is 1.67. The number of aryl methyl sites for hydroxylation is 1. The molecule has 3 N–H and O–H groups in total. The zero-order valence-corrected chi connectivity index (χ0v) is 15.9. The number of nitrogens with two attached hydrogens (primary N) is 1. The molecule has 0 bridgehead atoms. The summed E-state index contributed by atoms with van der Waals surface area (Å²) in [6.07, 6.45) is 2.84. The van der Waals surface area contributed by atoms with E-state index in [4.69, 9.17) is 5.14 Å². The lowest BCUT2D eigenvalue weighted by atomic mass is 10.1. The summed E-state index contributed by atoms with van der Waals surface area (Å²) in [4.78, 5) is 21.2. The lowest BCUT2D eigenvalue weighted by molar-refractivity contribution is 0.0697. The number of hydrogen-bond donors (Lipinski definition) is 2. The summed E-state index contributed by atoms with van der Waals surface area (Å²) in [5.41, 5.74) is 0.436. The van der Waals surface area contributed by atoms with E-state index >= 15 is 0 Å².